The Kier molecular flexibility index (Phi) is 5.53. The molecule has 1 aromatic rings. The molecule has 0 bridgehead atoms. The van der Waals surface area contributed by atoms with Crippen LogP contribution in [0.3, 0.4) is 0 Å². The van der Waals surface area contributed by atoms with E-state index in [0.717, 1.165) is 18.8 Å². The lowest BCUT2D eigenvalue weighted by atomic mass is 10.1. The molecule has 3 heteroatoms. The number of rotatable bonds is 7. The molecule has 3 nitrogen and oxygen atoms in total. The average molecular weight is 223 g/mol. The van der Waals surface area contributed by atoms with Crippen molar-refractivity contribution in [3.63, 3.8) is 0 Å². The molecule has 0 radical (unpaired) electrons. The Balaban J connectivity index is 2.64. The van der Waals surface area contributed by atoms with Gasteiger partial charge in [-0.3, -0.25) is 4.68 Å². The van der Waals surface area contributed by atoms with Gasteiger partial charge in [0.25, 0.3) is 0 Å². The summed E-state index contributed by atoms with van der Waals surface area (Å²) in [5, 5.41) is 8.08. The van der Waals surface area contributed by atoms with E-state index in [-0.39, 0.29) is 0 Å². The summed E-state index contributed by atoms with van der Waals surface area (Å²) in [5.41, 5.74) is 2.39. The zero-order valence-corrected chi connectivity index (χ0v) is 11.1. The van der Waals surface area contributed by atoms with Crippen molar-refractivity contribution in [2.75, 3.05) is 13.1 Å². The van der Waals surface area contributed by atoms with Gasteiger partial charge in [-0.15, -0.1) is 0 Å². The van der Waals surface area contributed by atoms with Gasteiger partial charge in [-0.2, -0.15) is 5.10 Å². The van der Waals surface area contributed by atoms with Crippen LogP contribution in [0.15, 0.2) is 6.07 Å². The molecule has 0 amide bonds. The lowest BCUT2D eigenvalue weighted by Crippen LogP contribution is -2.27. The Hall–Kier alpha value is -0.830. The van der Waals surface area contributed by atoms with E-state index < -0.39 is 0 Å². The first-order valence-corrected chi connectivity index (χ1v) is 6.42. The molecule has 1 aromatic heterocycles. The highest BCUT2D eigenvalue weighted by Crippen LogP contribution is 2.15. The molecule has 0 aromatic carbocycles. The van der Waals surface area contributed by atoms with Crippen LogP contribution in [0.5, 0.6) is 0 Å². The van der Waals surface area contributed by atoms with Crippen molar-refractivity contribution in [3.05, 3.63) is 17.5 Å². The summed E-state index contributed by atoms with van der Waals surface area (Å²) in [5.74, 6) is 0. The van der Waals surface area contributed by atoms with Crippen LogP contribution in [0.2, 0.25) is 0 Å². The summed E-state index contributed by atoms with van der Waals surface area (Å²) in [6.07, 6.45) is 3.59. The molecule has 92 valence electrons. The van der Waals surface area contributed by atoms with Gasteiger partial charge in [0.15, 0.2) is 0 Å². The van der Waals surface area contributed by atoms with Crippen molar-refractivity contribution in [3.8, 4) is 0 Å². The van der Waals surface area contributed by atoms with E-state index in [9.17, 15) is 0 Å². The highest BCUT2D eigenvalue weighted by molar-refractivity contribution is 5.07. The molecule has 1 N–H and O–H groups in total. The summed E-state index contributed by atoms with van der Waals surface area (Å²) < 4.78 is 2.18. The molecule has 0 saturated heterocycles. The van der Waals surface area contributed by atoms with Crippen LogP contribution in [-0.2, 0) is 0 Å². The predicted molar refractivity (Wildman–Crippen MR) is 68.8 cm³/mol. The van der Waals surface area contributed by atoms with E-state index in [0.29, 0.717) is 6.04 Å². The van der Waals surface area contributed by atoms with Gasteiger partial charge in [0.05, 0.1) is 11.7 Å². The third-order valence-electron chi connectivity index (χ3n) is 2.82. The van der Waals surface area contributed by atoms with Crippen molar-refractivity contribution in [2.45, 2.75) is 53.0 Å². The van der Waals surface area contributed by atoms with E-state index in [2.05, 4.69) is 48.9 Å². The fourth-order valence-electron chi connectivity index (χ4n) is 2.11. The number of nitrogens with zero attached hydrogens (tertiary/aromatic N) is 2. The Bertz CT molecular complexity index is 304. The van der Waals surface area contributed by atoms with Gasteiger partial charge in [0.1, 0.15) is 0 Å². The van der Waals surface area contributed by atoms with Crippen LogP contribution >= 0.6 is 0 Å². The number of hydrogen-bond acceptors (Lipinski definition) is 2. The average Bonchev–Trinajstić information content (AvgIpc) is 2.57. The van der Waals surface area contributed by atoms with E-state index in [1.807, 2.05) is 0 Å². The summed E-state index contributed by atoms with van der Waals surface area (Å²) >= 11 is 0. The van der Waals surface area contributed by atoms with Gasteiger partial charge in [-0.1, -0.05) is 20.3 Å². The summed E-state index contributed by atoms with van der Waals surface area (Å²) in [6.45, 7) is 10.8. The number of aryl methyl sites for hydroxylation is 2. The van der Waals surface area contributed by atoms with Gasteiger partial charge in [-0.25, -0.2) is 0 Å². The van der Waals surface area contributed by atoms with E-state index in [1.54, 1.807) is 0 Å². The minimum atomic E-state index is 0.505. The number of aromatic nitrogens is 2. The van der Waals surface area contributed by atoms with Crippen LogP contribution in [0, 0.1) is 13.8 Å². The minimum absolute atomic E-state index is 0.505. The van der Waals surface area contributed by atoms with Crippen LogP contribution in [0.25, 0.3) is 0 Å². The van der Waals surface area contributed by atoms with Crippen LogP contribution < -0.4 is 5.32 Å². The molecular formula is C13H25N3. The van der Waals surface area contributed by atoms with E-state index in [4.69, 9.17) is 0 Å². The second kappa shape index (κ2) is 6.69. The minimum Gasteiger partial charge on any atom is -0.315 e. The molecule has 1 atom stereocenters. The first-order chi connectivity index (χ1) is 7.69. The van der Waals surface area contributed by atoms with Crippen LogP contribution in [0.4, 0.5) is 0 Å². The molecule has 0 aliphatic carbocycles. The van der Waals surface area contributed by atoms with Crippen molar-refractivity contribution in [2.24, 2.45) is 0 Å². The van der Waals surface area contributed by atoms with Gasteiger partial charge in [0, 0.05) is 12.2 Å². The highest BCUT2D eigenvalue weighted by atomic mass is 15.3. The third kappa shape index (κ3) is 3.63. The Morgan fingerprint density at radius 2 is 2.06 bits per heavy atom. The molecule has 1 rings (SSSR count). The van der Waals surface area contributed by atoms with Gasteiger partial charge in [0.2, 0.25) is 0 Å². The topological polar surface area (TPSA) is 29.9 Å². The third-order valence-corrected chi connectivity index (χ3v) is 2.82. The Morgan fingerprint density at radius 3 is 2.56 bits per heavy atom. The molecule has 1 heterocycles. The number of nitrogens with one attached hydrogen (secondary N) is 1. The molecule has 0 spiro atoms. The first-order valence-electron chi connectivity index (χ1n) is 6.42. The van der Waals surface area contributed by atoms with Crippen molar-refractivity contribution in [1.82, 2.24) is 15.1 Å². The molecular weight excluding hydrogens is 198 g/mol. The van der Waals surface area contributed by atoms with Crippen molar-refractivity contribution < 1.29 is 0 Å². The monoisotopic (exact) mass is 223 g/mol. The highest BCUT2D eigenvalue weighted by Gasteiger charge is 2.12. The zero-order valence-electron chi connectivity index (χ0n) is 11.1. The Labute approximate surface area is 99.2 Å². The largest absolute Gasteiger partial charge is 0.315 e. The molecule has 16 heavy (non-hydrogen) atoms. The molecule has 0 aliphatic rings. The normalized spacial score (nSPS) is 13.0. The molecule has 0 fully saturated rings. The maximum absolute atomic E-state index is 4.58. The predicted octanol–water partition coefficient (Wildman–Crippen LogP) is 2.84. The van der Waals surface area contributed by atoms with Crippen LogP contribution in [0.1, 0.15) is 50.5 Å². The SMILES string of the molecule is CCCNCC(CCC)n1nc(C)cc1C. The zero-order chi connectivity index (χ0) is 12.0. The van der Waals surface area contributed by atoms with E-state index in [1.165, 1.54) is 25.0 Å². The van der Waals surface area contributed by atoms with Crippen molar-refractivity contribution >= 4 is 0 Å². The molecule has 0 saturated carbocycles. The fraction of sp³-hybridized carbons (Fsp3) is 0.769. The quantitative estimate of drug-likeness (QED) is 0.720. The fourth-order valence-corrected chi connectivity index (χ4v) is 2.11. The van der Waals surface area contributed by atoms with Gasteiger partial charge < -0.3 is 5.32 Å². The smallest absolute Gasteiger partial charge is 0.0646 e. The lowest BCUT2D eigenvalue weighted by molar-refractivity contribution is 0.388. The maximum Gasteiger partial charge on any atom is 0.0646 e. The van der Waals surface area contributed by atoms with Gasteiger partial charge >= 0.3 is 0 Å². The second-order valence-corrected chi connectivity index (χ2v) is 4.52. The summed E-state index contributed by atoms with van der Waals surface area (Å²) in [6, 6.07) is 2.66. The number of hydrogen-bond donors (Lipinski definition) is 1. The van der Waals surface area contributed by atoms with Crippen LogP contribution in [-0.4, -0.2) is 22.9 Å². The first kappa shape index (κ1) is 13.2. The lowest BCUT2D eigenvalue weighted by Gasteiger charge is -2.19. The maximum atomic E-state index is 4.58. The molecule has 0 aliphatic heterocycles. The summed E-state index contributed by atoms with van der Waals surface area (Å²) in [7, 11) is 0. The molecule has 1 unspecified atom stereocenters. The van der Waals surface area contributed by atoms with Crippen molar-refractivity contribution in [1.29, 1.82) is 0 Å². The second-order valence-electron chi connectivity index (χ2n) is 4.52. The van der Waals surface area contributed by atoms with E-state index >= 15 is 0 Å². The standard InChI is InChI=1S/C13H25N3/c1-5-7-13(10-14-8-6-2)16-12(4)9-11(3)15-16/h9,13-14H,5-8,10H2,1-4H3. The van der Waals surface area contributed by atoms with Gasteiger partial charge in [-0.05, 0) is 39.3 Å². The summed E-state index contributed by atoms with van der Waals surface area (Å²) in [4.78, 5) is 0. The Morgan fingerprint density at radius 1 is 1.31 bits per heavy atom.